The summed E-state index contributed by atoms with van der Waals surface area (Å²) >= 11 is 0. The highest BCUT2D eigenvalue weighted by Gasteiger charge is 2.19. The van der Waals surface area contributed by atoms with Crippen molar-refractivity contribution < 1.29 is 13.5 Å². The van der Waals surface area contributed by atoms with Gasteiger partial charge in [0.1, 0.15) is 12.4 Å². The number of ether oxygens (including phenoxy) is 1. The standard InChI is InChI=1S/C10H11F2NO/c1-2-6-5-14-10-4-8(12)7(11)3-9(10)13-6/h3-4,6,13H,2,5H2,1H3. The van der Waals surface area contributed by atoms with Crippen molar-refractivity contribution in [2.75, 3.05) is 11.9 Å². The third-order valence-electron chi connectivity index (χ3n) is 2.31. The van der Waals surface area contributed by atoms with E-state index in [4.69, 9.17) is 4.74 Å². The molecule has 0 aliphatic carbocycles. The van der Waals surface area contributed by atoms with Crippen LogP contribution in [0.15, 0.2) is 12.1 Å². The van der Waals surface area contributed by atoms with Crippen LogP contribution >= 0.6 is 0 Å². The van der Waals surface area contributed by atoms with Crippen LogP contribution in [0.5, 0.6) is 5.75 Å². The first kappa shape index (κ1) is 9.24. The number of hydrogen-bond acceptors (Lipinski definition) is 2. The minimum Gasteiger partial charge on any atom is -0.489 e. The van der Waals surface area contributed by atoms with Gasteiger partial charge in [0.2, 0.25) is 0 Å². The first-order valence-electron chi connectivity index (χ1n) is 4.59. The predicted octanol–water partition coefficient (Wildman–Crippen LogP) is 2.55. The lowest BCUT2D eigenvalue weighted by Gasteiger charge is -2.26. The van der Waals surface area contributed by atoms with E-state index < -0.39 is 11.6 Å². The normalized spacial score (nSPS) is 19.5. The Morgan fingerprint density at radius 3 is 2.86 bits per heavy atom. The summed E-state index contributed by atoms with van der Waals surface area (Å²) in [5.74, 6) is -1.34. The van der Waals surface area contributed by atoms with Crippen molar-refractivity contribution >= 4 is 5.69 Å². The minimum absolute atomic E-state index is 0.173. The molecule has 0 aromatic heterocycles. The molecule has 0 saturated heterocycles. The van der Waals surface area contributed by atoms with Gasteiger partial charge in [0.05, 0.1) is 11.7 Å². The van der Waals surface area contributed by atoms with Crippen LogP contribution in [0.1, 0.15) is 13.3 Å². The maximum absolute atomic E-state index is 12.9. The third-order valence-corrected chi connectivity index (χ3v) is 2.31. The van der Waals surface area contributed by atoms with Gasteiger partial charge in [0, 0.05) is 12.1 Å². The molecule has 1 atom stereocenters. The second kappa shape index (κ2) is 3.44. The number of anilines is 1. The Kier molecular flexibility index (Phi) is 2.27. The molecule has 1 aromatic rings. The van der Waals surface area contributed by atoms with Crippen LogP contribution in [-0.4, -0.2) is 12.6 Å². The molecule has 0 saturated carbocycles. The van der Waals surface area contributed by atoms with Gasteiger partial charge in [-0.1, -0.05) is 6.92 Å². The van der Waals surface area contributed by atoms with E-state index in [2.05, 4.69) is 5.32 Å². The molecule has 1 aromatic carbocycles. The lowest BCUT2D eigenvalue weighted by Crippen LogP contribution is -2.30. The molecule has 1 aliphatic heterocycles. The molecule has 0 spiro atoms. The van der Waals surface area contributed by atoms with Gasteiger partial charge in [-0.15, -0.1) is 0 Å². The fourth-order valence-corrected chi connectivity index (χ4v) is 1.43. The quantitative estimate of drug-likeness (QED) is 0.750. The molecule has 1 unspecified atom stereocenters. The van der Waals surface area contributed by atoms with Crippen LogP contribution < -0.4 is 10.1 Å². The average Bonchev–Trinajstić information content (AvgIpc) is 2.19. The molecule has 0 amide bonds. The smallest absolute Gasteiger partial charge is 0.162 e. The second-order valence-electron chi connectivity index (χ2n) is 3.32. The van der Waals surface area contributed by atoms with Gasteiger partial charge in [-0.25, -0.2) is 8.78 Å². The Morgan fingerprint density at radius 2 is 2.14 bits per heavy atom. The maximum atomic E-state index is 12.9. The molecule has 0 radical (unpaired) electrons. The van der Waals surface area contributed by atoms with Gasteiger partial charge in [-0.05, 0) is 6.42 Å². The van der Waals surface area contributed by atoms with Crippen LogP contribution in [-0.2, 0) is 0 Å². The van der Waals surface area contributed by atoms with Gasteiger partial charge in [0.25, 0.3) is 0 Å². The first-order chi connectivity index (χ1) is 6.70. The topological polar surface area (TPSA) is 21.3 Å². The van der Waals surface area contributed by atoms with Crippen molar-refractivity contribution in [2.24, 2.45) is 0 Å². The number of hydrogen-bond donors (Lipinski definition) is 1. The zero-order valence-corrected chi connectivity index (χ0v) is 7.81. The molecule has 4 heteroatoms. The predicted molar refractivity (Wildman–Crippen MR) is 49.6 cm³/mol. The van der Waals surface area contributed by atoms with E-state index in [0.29, 0.717) is 18.0 Å². The van der Waals surface area contributed by atoms with Crippen molar-refractivity contribution in [2.45, 2.75) is 19.4 Å². The number of fused-ring (bicyclic) bond motifs is 1. The third kappa shape index (κ3) is 1.52. The van der Waals surface area contributed by atoms with Gasteiger partial charge >= 0.3 is 0 Å². The zero-order valence-electron chi connectivity index (χ0n) is 7.81. The number of benzene rings is 1. The Balaban J connectivity index is 2.33. The van der Waals surface area contributed by atoms with Crippen molar-refractivity contribution in [3.05, 3.63) is 23.8 Å². The lowest BCUT2D eigenvalue weighted by atomic mass is 10.1. The van der Waals surface area contributed by atoms with Crippen molar-refractivity contribution in [1.82, 2.24) is 0 Å². The summed E-state index contributed by atoms with van der Waals surface area (Å²) in [6, 6.07) is 2.38. The molecular formula is C10H11F2NO. The molecule has 0 fully saturated rings. The number of rotatable bonds is 1. The van der Waals surface area contributed by atoms with Gasteiger partial charge in [0.15, 0.2) is 11.6 Å². The van der Waals surface area contributed by atoms with E-state index in [1.54, 1.807) is 0 Å². The summed E-state index contributed by atoms with van der Waals surface area (Å²) in [7, 11) is 0. The van der Waals surface area contributed by atoms with E-state index in [1.807, 2.05) is 6.92 Å². The Morgan fingerprint density at radius 1 is 1.43 bits per heavy atom. The second-order valence-corrected chi connectivity index (χ2v) is 3.32. The van der Waals surface area contributed by atoms with Crippen LogP contribution in [0, 0.1) is 11.6 Å². The highest BCUT2D eigenvalue weighted by atomic mass is 19.2. The summed E-state index contributed by atoms with van der Waals surface area (Å²) < 4.78 is 31.0. The molecular weight excluding hydrogens is 188 g/mol. The number of halogens is 2. The van der Waals surface area contributed by atoms with E-state index in [0.717, 1.165) is 18.6 Å². The average molecular weight is 199 g/mol. The van der Waals surface area contributed by atoms with Crippen LogP contribution in [0.4, 0.5) is 14.5 Å². The zero-order chi connectivity index (χ0) is 10.1. The van der Waals surface area contributed by atoms with E-state index >= 15 is 0 Å². The summed E-state index contributed by atoms with van der Waals surface area (Å²) in [5, 5.41) is 3.08. The molecule has 14 heavy (non-hydrogen) atoms. The largest absolute Gasteiger partial charge is 0.489 e. The molecule has 1 N–H and O–H groups in total. The fraction of sp³-hybridized carbons (Fsp3) is 0.400. The summed E-state index contributed by atoms with van der Waals surface area (Å²) in [6.45, 7) is 2.50. The maximum Gasteiger partial charge on any atom is 0.162 e. The SMILES string of the molecule is CCC1COc2cc(F)c(F)cc2N1. The van der Waals surface area contributed by atoms with E-state index in [1.165, 1.54) is 0 Å². The molecule has 2 rings (SSSR count). The highest BCUT2D eigenvalue weighted by molar-refractivity contribution is 5.58. The van der Waals surface area contributed by atoms with Crippen molar-refractivity contribution in [1.29, 1.82) is 0 Å². The summed E-state index contributed by atoms with van der Waals surface area (Å²) in [4.78, 5) is 0. The van der Waals surface area contributed by atoms with Crippen molar-refractivity contribution in [3.8, 4) is 5.75 Å². The lowest BCUT2D eigenvalue weighted by molar-refractivity contribution is 0.279. The highest BCUT2D eigenvalue weighted by Crippen LogP contribution is 2.31. The molecule has 2 nitrogen and oxygen atoms in total. The van der Waals surface area contributed by atoms with Gasteiger partial charge < -0.3 is 10.1 Å². The Labute approximate surface area is 80.9 Å². The Hall–Kier alpha value is -1.32. The molecule has 1 heterocycles. The summed E-state index contributed by atoms with van der Waals surface area (Å²) in [5.41, 5.74) is 0.530. The van der Waals surface area contributed by atoms with Crippen LogP contribution in [0.3, 0.4) is 0 Å². The molecule has 1 aliphatic rings. The van der Waals surface area contributed by atoms with E-state index in [-0.39, 0.29) is 6.04 Å². The van der Waals surface area contributed by atoms with E-state index in [9.17, 15) is 8.78 Å². The van der Waals surface area contributed by atoms with Gasteiger partial charge in [-0.3, -0.25) is 0 Å². The van der Waals surface area contributed by atoms with Crippen LogP contribution in [0.2, 0.25) is 0 Å². The summed E-state index contributed by atoms with van der Waals surface area (Å²) in [6.07, 6.45) is 0.887. The van der Waals surface area contributed by atoms with Crippen LogP contribution in [0.25, 0.3) is 0 Å². The van der Waals surface area contributed by atoms with Crippen molar-refractivity contribution in [3.63, 3.8) is 0 Å². The first-order valence-corrected chi connectivity index (χ1v) is 4.59. The fourth-order valence-electron chi connectivity index (χ4n) is 1.43. The Bertz CT molecular complexity index is 354. The monoisotopic (exact) mass is 199 g/mol. The number of nitrogens with one attached hydrogen (secondary N) is 1. The minimum atomic E-state index is -0.875. The molecule has 0 bridgehead atoms. The van der Waals surface area contributed by atoms with Gasteiger partial charge in [-0.2, -0.15) is 0 Å². The molecule has 76 valence electrons.